The lowest BCUT2D eigenvalue weighted by molar-refractivity contribution is -0.240. The smallest absolute Gasteiger partial charge is 0.395 e. The molecule has 9 heteroatoms. The molecule has 2 aromatic rings. The first-order valence-corrected chi connectivity index (χ1v) is 14.2. The molecule has 2 aliphatic heterocycles. The largest absolute Gasteiger partial charge is 0.477 e. The second-order valence-corrected chi connectivity index (χ2v) is 11.5. The van der Waals surface area contributed by atoms with Crippen LogP contribution in [0.4, 0.5) is 13.2 Å². The first-order valence-electron chi connectivity index (χ1n) is 14.2. The number of β-amino-alcohol motifs (C(OH)–C–C–N with tert-alkyl or cyclic N) is 1. The van der Waals surface area contributed by atoms with Gasteiger partial charge >= 0.3 is 6.18 Å². The fourth-order valence-electron chi connectivity index (χ4n) is 6.25. The van der Waals surface area contributed by atoms with Gasteiger partial charge in [-0.15, -0.1) is 0 Å². The summed E-state index contributed by atoms with van der Waals surface area (Å²) in [7, 11) is 0. The lowest BCUT2D eigenvalue weighted by atomic mass is 9.72. The number of hydrogen-bond acceptors (Lipinski definition) is 5. The van der Waals surface area contributed by atoms with Crippen molar-refractivity contribution in [3.05, 3.63) is 48.2 Å². The minimum absolute atomic E-state index is 0.0698. The lowest BCUT2D eigenvalue weighted by Crippen LogP contribution is -2.50. The first-order chi connectivity index (χ1) is 18.7. The Morgan fingerprint density at radius 3 is 2.26 bits per heavy atom. The molecule has 1 aromatic heterocycles. The number of aliphatic hydroxyl groups is 1. The van der Waals surface area contributed by atoms with Crippen LogP contribution in [0.15, 0.2) is 42.6 Å². The molecule has 2 saturated heterocycles. The molecule has 3 aliphatic rings. The Bertz CT molecular complexity index is 1090. The number of aromatic nitrogens is 1. The molecule has 0 radical (unpaired) electrons. The Hall–Kier alpha value is -2.65. The van der Waals surface area contributed by atoms with Gasteiger partial charge in [0.05, 0.1) is 18.1 Å². The maximum Gasteiger partial charge on any atom is 0.395 e. The van der Waals surface area contributed by atoms with Crippen molar-refractivity contribution < 1.29 is 27.8 Å². The van der Waals surface area contributed by atoms with E-state index in [1.165, 1.54) is 0 Å². The number of aliphatic hydroxyl groups excluding tert-OH is 1. The van der Waals surface area contributed by atoms with Crippen molar-refractivity contribution in [1.82, 2.24) is 14.8 Å². The second-order valence-electron chi connectivity index (χ2n) is 11.5. The zero-order valence-corrected chi connectivity index (χ0v) is 22.3. The van der Waals surface area contributed by atoms with Crippen molar-refractivity contribution in [3.63, 3.8) is 0 Å². The number of amides is 1. The summed E-state index contributed by atoms with van der Waals surface area (Å²) in [5.74, 6) is 0.760. The van der Waals surface area contributed by atoms with E-state index in [0.29, 0.717) is 69.4 Å². The molecule has 0 bridgehead atoms. The van der Waals surface area contributed by atoms with E-state index in [-0.39, 0.29) is 25.3 Å². The van der Waals surface area contributed by atoms with Gasteiger partial charge in [-0.1, -0.05) is 31.4 Å². The van der Waals surface area contributed by atoms with Gasteiger partial charge in [0, 0.05) is 43.0 Å². The quantitative estimate of drug-likeness (QED) is 0.494. The van der Waals surface area contributed by atoms with Crippen LogP contribution >= 0.6 is 0 Å². The number of pyridine rings is 1. The number of likely N-dealkylation sites (tertiary alicyclic amines) is 2. The van der Waals surface area contributed by atoms with E-state index in [1.54, 1.807) is 23.2 Å². The van der Waals surface area contributed by atoms with E-state index in [9.17, 15) is 23.1 Å². The minimum atomic E-state index is -4.14. The Balaban J connectivity index is 1.08. The molecule has 5 rings (SSSR count). The van der Waals surface area contributed by atoms with Crippen LogP contribution in [0.3, 0.4) is 0 Å². The highest BCUT2D eigenvalue weighted by Crippen LogP contribution is 2.49. The third-order valence-corrected chi connectivity index (χ3v) is 8.76. The average molecular weight is 546 g/mol. The summed E-state index contributed by atoms with van der Waals surface area (Å²) >= 11 is 0. The van der Waals surface area contributed by atoms with Crippen molar-refractivity contribution in [2.45, 2.75) is 63.6 Å². The van der Waals surface area contributed by atoms with E-state index < -0.39 is 17.7 Å². The molecule has 39 heavy (non-hydrogen) atoms. The highest BCUT2D eigenvalue weighted by Gasteiger charge is 2.55. The second kappa shape index (κ2) is 11.8. The van der Waals surface area contributed by atoms with Crippen LogP contribution in [0.5, 0.6) is 5.88 Å². The van der Waals surface area contributed by atoms with Gasteiger partial charge in [-0.05, 0) is 74.9 Å². The Morgan fingerprint density at radius 1 is 0.974 bits per heavy atom. The van der Waals surface area contributed by atoms with E-state index in [1.807, 2.05) is 29.2 Å². The van der Waals surface area contributed by atoms with Gasteiger partial charge in [0.25, 0.3) is 5.91 Å². The number of alkyl halides is 3. The van der Waals surface area contributed by atoms with Crippen LogP contribution < -0.4 is 4.74 Å². The summed E-state index contributed by atoms with van der Waals surface area (Å²) in [5, 5.41) is 9.67. The van der Waals surface area contributed by atoms with Crippen molar-refractivity contribution in [2.75, 3.05) is 39.3 Å². The maximum absolute atomic E-state index is 13.9. The molecule has 1 aliphatic carbocycles. The van der Waals surface area contributed by atoms with Crippen LogP contribution in [-0.2, 0) is 0 Å². The van der Waals surface area contributed by atoms with Crippen molar-refractivity contribution >= 4 is 5.91 Å². The summed E-state index contributed by atoms with van der Waals surface area (Å²) in [6, 6.07) is 11.1. The number of piperidine rings is 1. The fourth-order valence-corrected chi connectivity index (χ4v) is 6.25. The van der Waals surface area contributed by atoms with Gasteiger partial charge in [0.15, 0.2) is 0 Å². The third-order valence-electron chi connectivity index (χ3n) is 8.76. The molecule has 1 saturated carbocycles. The summed E-state index contributed by atoms with van der Waals surface area (Å²) in [6.07, 6.45) is 2.20. The highest BCUT2D eigenvalue weighted by atomic mass is 19.4. The minimum Gasteiger partial charge on any atom is -0.477 e. The van der Waals surface area contributed by atoms with Gasteiger partial charge in [-0.25, -0.2) is 4.98 Å². The molecule has 1 amide bonds. The standard InChI is InChI=1S/C30H38F3N3O3/c31-30(32,33)29(13-2-1-3-14-29)21-35-15-10-22(11-16-35)20-39-27-9-8-25(18-34-27)23-4-6-24(7-5-23)28(38)36-17-12-26(37)19-36/h4-9,18,22,26,37H,1-3,10-17,19-21H2. The molecule has 3 fully saturated rings. The lowest BCUT2D eigenvalue weighted by Gasteiger charge is -2.44. The molecule has 6 nitrogen and oxygen atoms in total. The van der Waals surface area contributed by atoms with Crippen LogP contribution in [-0.4, -0.2) is 77.4 Å². The molecule has 1 atom stereocenters. The Kier molecular flexibility index (Phi) is 8.47. The zero-order chi connectivity index (χ0) is 27.5. The molecule has 1 N–H and O–H groups in total. The summed E-state index contributed by atoms with van der Waals surface area (Å²) in [4.78, 5) is 20.7. The average Bonchev–Trinajstić information content (AvgIpc) is 3.39. The SMILES string of the molecule is O=C(c1ccc(-c2ccc(OCC3CCN(CC4(C(F)(F)F)CCCCC4)CC3)nc2)cc1)N1CCC(O)C1. The highest BCUT2D eigenvalue weighted by molar-refractivity contribution is 5.95. The van der Waals surface area contributed by atoms with E-state index in [2.05, 4.69) is 4.98 Å². The number of nitrogens with zero attached hydrogens (tertiary/aromatic N) is 3. The molecular weight excluding hydrogens is 507 g/mol. The van der Waals surface area contributed by atoms with Crippen LogP contribution in [0, 0.1) is 11.3 Å². The summed E-state index contributed by atoms with van der Waals surface area (Å²) < 4.78 is 47.7. The number of benzene rings is 1. The molecule has 3 heterocycles. The van der Waals surface area contributed by atoms with Crippen LogP contribution in [0.1, 0.15) is 61.7 Å². The van der Waals surface area contributed by atoms with Gasteiger partial charge < -0.3 is 19.6 Å². The summed E-state index contributed by atoms with van der Waals surface area (Å²) in [6.45, 7) is 2.94. The fraction of sp³-hybridized carbons (Fsp3) is 0.600. The molecule has 212 valence electrons. The van der Waals surface area contributed by atoms with Crippen molar-refractivity contribution in [1.29, 1.82) is 0 Å². The number of rotatable bonds is 7. The molecule has 1 unspecified atom stereocenters. The van der Waals surface area contributed by atoms with Crippen molar-refractivity contribution in [2.24, 2.45) is 11.3 Å². The Morgan fingerprint density at radius 2 is 1.67 bits per heavy atom. The van der Waals surface area contributed by atoms with Crippen LogP contribution in [0.25, 0.3) is 11.1 Å². The van der Waals surface area contributed by atoms with E-state index in [0.717, 1.165) is 30.4 Å². The van der Waals surface area contributed by atoms with E-state index in [4.69, 9.17) is 4.74 Å². The number of halogens is 3. The molecule has 0 spiro atoms. The topological polar surface area (TPSA) is 65.9 Å². The van der Waals surface area contributed by atoms with E-state index >= 15 is 0 Å². The molecule has 1 aromatic carbocycles. The number of ether oxygens (including phenoxy) is 1. The Labute approximate surface area is 228 Å². The van der Waals surface area contributed by atoms with Crippen molar-refractivity contribution in [3.8, 4) is 17.0 Å². The van der Waals surface area contributed by atoms with Gasteiger partial charge in [0.1, 0.15) is 0 Å². The first kappa shape index (κ1) is 27.9. The van der Waals surface area contributed by atoms with Gasteiger partial charge in [-0.2, -0.15) is 13.2 Å². The maximum atomic E-state index is 13.9. The predicted molar refractivity (Wildman–Crippen MR) is 142 cm³/mol. The third kappa shape index (κ3) is 6.57. The normalized spacial score (nSPS) is 22.7. The summed E-state index contributed by atoms with van der Waals surface area (Å²) in [5.41, 5.74) is 0.911. The monoisotopic (exact) mass is 545 g/mol. The van der Waals surface area contributed by atoms with Gasteiger partial charge in [0.2, 0.25) is 5.88 Å². The number of hydrogen-bond donors (Lipinski definition) is 1. The predicted octanol–water partition coefficient (Wildman–Crippen LogP) is 5.56. The van der Waals surface area contributed by atoms with Crippen LogP contribution in [0.2, 0.25) is 0 Å². The molecular formula is C30H38F3N3O3. The number of carbonyl (C=O) groups excluding carboxylic acids is 1. The number of carbonyl (C=O) groups is 1. The zero-order valence-electron chi connectivity index (χ0n) is 22.3. The van der Waals surface area contributed by atoms with Gasteiger partial charge in [-0.3, -0.25) is 4.79 Å².